The Labute approximate surface area is 159 Å². The zero-order chi connectivity index (χ0) is 18.5. The minimum absolute atomic E-state index is 0.750. The molecule has 0 amide bonds. The summed E-state index contributed by atoms with van der Waals surface area (Å²) in [5.74, 6) is 0.750. The summed E-state index contributed by atoms with van der Waals surface area (Å²) < 4.78 is 2.20. The quantitative estimate of drug-likeness (QED) is 0.507. The van der Waals surface area contributed by atoms with Gasteiger partial charge in [0, 0.05) is 12.0 Å². The maximum absolute atomic E-state index is 4.44. The molecule has 0 atom stereocenters. The van der Waals surface area contributed by atoms with Gasteiger partial charge in [0.15, 0.2) is 0 Å². The Morgan fingerprint density at radius 3 is 2.19 bits per heavy atom. The van der Waals surface area contributed by atoms with E-state index in [0.717, 1.165) is 36.5 Å². The summed E-state index contributed by atoms with van der Waals surface area (Å²) in [6, 6.07) is 25.5. The molecule has 2 aromatic heterocycles. The predicted molar refractivity (Wildman–Crippen MR) is 107 cm³/mol. The van der Waals surface area contributed by atoms with E-state index in [0.29, 0.717) is 0 Å². The molecule has 27 heavy (non-hydrogen) atoms. The van der Waals surface area contributed by atoms with E-state index in [1.165, 1.54) is 16.8 Å². The molecular formula is C23H23N4+. The largest absolute Gasteiger partial charge is 0.422 e. The van der Waals surface area contributed by atoms with Gasteiger partial charge < -0.3 is 0 Å². The van der Waals surface area contributed by atoms with Crippen molar-refractivity contribution >= 4 is 0 Å². The van der Waals surface area contributed by atoms with Crippen LogP contribution < -0.4 is 4.57 Å². The lowest BCUT2D eigenvalue weighted by atomic mass is 10.00. The minimum atomic E-state index is 0.750. The first-order chi connectivity index (χ1) is 13.4. The van der Waals surface area contributed by atoms with Crippen molar-refractivity contribution < 1.29 is 4.57 Å². The third-order valence-electron chi connectivity index (χ3n) is 4.72. The zero-order valence-electron chi connectivity index (χ0n) is 15.5. The van der Waals surface area contributed by atoms with Crippen LogP contribution in [0.25, 0.3) is 28.3 Å². The Hall–Kier alpha value is -3.27. The predicted octanol–water partition coefficient (Wildman–Crippen LogP) is 4.76. The Balaban J connectivity index is 1.98. The summed E-state index contributed by atoms with van der Waals surface area (Å²) in [6.45, 7) is 2.22. The minimum Gasteiger partial charge on any atom is -0.197 e. The van der Waals surface area contributed by atoms with Crippen molar-refractivity contribution in [2.75, 3.05) is 0 Å². The number of aromatic amines is 1. The Morgan fingerprint density at radius 1 is 0.852 bits per heavy atom. The van der Waals surface area contributed by atoms with Gasteiger partial charge >= 0.3 is 5.95 Å². The van der Waals surface area contributed by atoms with Crippen LogP contribution in [0.5, 0.6) is 0 Å². The number of H-pyrrole nitrogens is 1. The fourth-order valence-electron chi connectivity index (χ4n) is 3.37. The maximum atomic E-state index is 4.44. The van der Waals surface area contributed by atoms with Crippen LogP contribution in [0.15, 0.2) is 79.1 Å². The molecule has 4 nitrogen and oxygen atoms in total. The fourth-order valence-corrected chi connectivity index (χ4v) is 3.37. The normalized spacial score (nSPS) is 10.9. The van der Waals surface area contributed by atoms with Crippen molar-refractivity contribution in [1.82, 2.24) is 15.2 Å². The number of hydrogen-bond acceptors (Lipinski definition) is 2. The van der Waals surface area contributed by atoms with Crippen LogP contribution in [0.3, 0.4) is 0 Å². The molecule has 0 spiro atoms. The summed E-state index contributed by atoms with van der Waals surface area (Å²) in [7, 11) is 0. The standard InChI is InChI=1S/C23H23N4/c1-2-3-14-21-15-20(18-10-6-4-7-11-18)16-22(19-12-8-5-9-13-19)27(21)23-24-17-25-26-23/h4-13,15-17H,2-3,14H2,1H3,(H,24,25,26)/q+1. The number of unbranched alkanes of at least 4 members (excludes halogenated alkanes) is 1. The van der Waals surface area contributed by atoms with Crippen LogP contribution in [0.4, 0.5) is 0 Å². The van der Waals surface area contributed by atoms with Crippen LogP contribution in [-0.2, 0) is 6.42 Å². The molecule has 134 valence electrons. The number of hydrogen-bond donors (Lipinski definition) is 1. The molecule has 4 heteroatoms. The third kappa shape index (κ3) is 3.65. The Bertz CT molecular complexity index is 994. The molecule has 0 fully saturated rings. The highest BCUT2D eigenvalue weighted by Crippen LogP contribution is 2.26. The molecule has 0 radical (unpaired) electrons. The van der Waals surface area contributed by atoms with Gasteiger partial charge in [0.05, 0.1) is 5.69 Å². The SMILES string of the molecule is CCCCc1cc(-c2ccccc2)cc(-c2ccccc2)[n+]1-c1ncn[nH]1. The van der Waals surface area contributed by atoms with Crippen LogP contribution in [0.2, 0.25) is 0 Å². The second-order valence-electron chi connectivity index (χ2n) is 6.60. The number of rotatable bonds is 6. The van der Waals surface area contributed by atoms with E-state index in [-0.39, 0.29) is 0 Å². The fraction of sp³-hybridized carbons (Fsp3) is 0.174. The topological polar surface area (TPSA) is 45.5 Å². The summed E-state index contributed by atoms with van der Waals surface area (Å²) >= 11 is 0. The van der Waals surface area contributed by atoms with E-state index in [1.54, 1.807) is 6.33 Å². The molecule has 0 aliphatic rings. The van der Waals surface area contributed by atoms with Crippen molar-refractivity contribution in [3.05, 3.63) is 84.8 Å². The van der Waals surface area contributed by atoms with E-state index in [9.17, 15) is 0 Å². The summed E-state index contributed by atoms with van der Waals surface area (Å²) in [5.41, 5.74) is 5.94. The lowest BCUT2D eigenvalue weighted by molar-refractivity contribution is -0.600. The van der Waals surface area contributed by atoms with E-state index in [2.05, 4.69) is 93.4 Å². The summed E-state index contributed by atoms with van der Waals surface area (Å²) in [5, 5.41) is 7.12. The number of nitrogens with one attached hydrogen (secondary N) is 1. The molecule has 4 rings (SSSR count). The van der Waals surface area contributed by atoms with Gasteiger partial charge in [-0.2, -0.15) is 9.67 Å². The van der Waals surface area contributed by atoms with Gasteiger partial charge in [0.25, 0.3) is 0 Å². The summed E-state index contributed by atoms with van der Waals surface area (Å²) in [4.78, 5) is 4.44. The molecule has 1 N–H and O–H groups in total. The maximum Gasteiger partial charge on any atom is 0.422 e. The zero-order valence-corrected chi connectivity index (χ0v) is 15.5. The first-order valence-electron chi connectivity index (χ1n) is 9.42. The Morgan fingerprint density at radius 2 is 1.56 bits per heavy atom. The highest BCUT2D eigenvalue weighted by atomic mass is 15.3. The van der Waals surface area contributed by atoms with Crippen molar-refractivity contribution in [3.63, 3.8) is 0 Å². The lowest BCUT2D eigenvalue weighted by Gasteiger charge is -2.14. The van der Waals surface area contributed by atoms with Crippen molar-refractivity contribution in [1.29, 1.82) is 0 Å². The van der Waals surface area contributed by atoms with Gasteiger partial charge in [0.1, 0.15) is 5.69 Å². The number of aromatic nitrogens is 4. The van der Waals surface area contributed by atoms with Gasteiger partial charge in [-0.1, -0.05) is 84.1 Å². The van der Waals surface area contributed by atoms with E-state index < -0.39 is 0 Å². The van der Waals surface area contributed by atoms with E-state index >= 15 is 0 Å². The Kier molecular flexibility index (Phi) is 5.06. The molecule has 2 heterocycles. The average Bonchev–Trinajstić information content (AvgIpc) is 3.27. The van der Waals surface area contributed by atoms with E-state index in [1.807, 2.05) is 6.07 Å². The van der Waals surface area contributed by atoms with Crippen molar-refractivity contribution in [2.45, 2.75) is 26.2 Å². The molecule has 4 aromatic rings. The lowest BCUT2D eigenvalue weighted by Crippen LogP contribution is -2.40. The molecule has 0 saturated carbocycles. The number of pyridine rings is 1. The molecule has 0 aliphatic heterocycles. The van der Waals surface area contributed by atoms with Gasteiger partial charge in [-0.15, -0.1) is 0 Å². The van der Waals surface area contributed by atoms with Crippen LogP contribution in [0.1, 0.15) is 25.5 Å². The monoisotopic (exact) mass is 355 g/mol. The second kappa shape index (κ2) is 7.96. The van der Waals surface area contributed by atoms with Gasteiger partial charge in [-0.3, -0.25) is 0 Å². The highest BCUT2D eigenvalue weighted by molar-refractivity contribution is 5.69. The average molecular weight is 355 g/mol. The van der Waals surface area contributed by atoms with Crippen LogP contribution >= 0.6 is 0 Å². The van der Waals surface area contributed by atoms with Gasteiger partial charge in [-0.05, 0) is 29.7 Å². The second-order valence-corrected chi connectivity index (χ2v) is 6.60. The first kappa shape index (κ1) is 17.2. The smallest absolute Gasteiger partial charge is 0.197 e. The molecule has 0 saturated heterocycles. The van der Waals surface area contributed by atoms with Crippen molar-refractivity contribution in [3.8, 4) is 28.3 Å². The van der Waals surface area contributed by atoms with E-state index in [4.69, 9.17) is 0 Å². The number of benzene rings is 2. The van der Waals surface area contributed by atoms with Gasteiger partial charge in [-0.25, -0.2) is 0 Å². The number of nitrogens with zero attached hydrogens (tertiary/aromatic N) is 3. The molecule has 2 aromatic carbocycles. The number of aryl methyl sites for hydroxylation is 1. The van der Waals surface area contributed by atoms with Crippen LogP contribution in [-0.4, -0.2) is 15.2 Å². The molecule has 0 bridgehead atoms. The first-order valence-corrected chi connectivity index (χ1v) is 9.42. The highest BCUT2D eigenvalue weighted by Gasteiger charge is 2.21. The van der Waals surface area contributed by atoms with Crippen molar-refractivity contribution in [2.24, 2.45) is 0 Å². The molecule has 0 unspecified atom stereocenters. The summed E-state index contributed by atoms with van der Waals surface area (Å²) in [6.07, 6.45) is 4.82. The third-order valence-corrected chi connectivity index (χ3v) is 4.72. The molecular weight excluding hydrogens is 332 g/mol. The van der Waals surface area contributed by atoms with Gasteiger partial charge in [0.2, 0.25) is 6.33 Å². The van der Waals surface area contributed by atoms with Crippen LogP contribution in [0, 0.1) is 0 Å². The molecule has 0 aliphatic carbocycles.